The van der Waals surface area contributed by atoms with Crippen molar-refractivity contribution >= 4 is 38.8 Å². The molecule has 1 fully saturated rings. The van der Waals surface area contributed by atoms with Crippen LogP contribution in [0.5, 0.6) is 0 Å². The smallest absolute Gasteiger partial charge is 0.107 e. The van der Waals surface area contributed by atoms with Crippen LogP contribution in [0, 0.1) is 0 Å². The van der Waals surface area contributed by atoms with Gasteiger partial charge in [-0.3, -0.25) is 0 Å². The van der Waals surface area contributed by atoms with Gasteiger partial charge in [0, 0.05) is 43.0 Å². The van der Waals surface area contributed by atoms with Crippen LogP contribution >= 0.6 is 28.1 Å². The summed E-state index contributed by atoms with van der Waals surface area (Å²) in [6.45, 7) is 1.53. The number of nitrogens with zero attached hydrogens (tertiary/aromatic N) is 1. The summed E-state index contributed by atoms with van der Waals surface area (Å²) in [5.41, 5.74) is 7.71. The zero-order valence-electron chi connectivity index (χ0n) is 10.9. The third kappa shape index (κ3) is 2.91. The fourth-order valence-electron chi connectivity index (χ4n) is 2.41. The summed E-state index contributed by atoms with van der Waals surface area (Å²) in [5.74, 6) is 0. The third-order valence-corrected chi connectivity index (χ3v) is 4.26. The molecular formula is C13H17BrN2O2S. The predicted octanol–water partition coefficient (Wildman–Crippen LogP) is 1.93. The lowest BCUT2D eigenvalue weighted by atomic mass is 10.1. The molecule has 0 aromatic heterocycles. The Kier molecular flexibility index (Phi) is 4.78. The minimum atomic E-state index is 0.0585. The Morgan fingerprint density at radius 1 is 1.32 bits per heavy atom. The number of halogens is 1. The van der Waals surface area contributed by atoms with Crippen LogP contribution in [0.1, 0.15) is 5.56 Å². The van der Waals surface area contributed by atoms with E-state index in [1.807, 2.05) is 18.2 Å². The van der Waals surface area contributed by atoms with Crippen molar-refractivity contribution in [1.29, 1.82) is 0 Å². The molecule has 1 aliphatic heterocycles. The lowest BCUT2D eigenvalue weighted by Gasteiger charge is -2.22. The van der Waals surface area contributed by atoms with Gasteiger partial charge >= 0.3 is 0 Å². The van der Waals surface area contributed by atoms with E-state index in [9.17, 15) is 0 Å². The summed E-state index contributed by atoms with van der Waals surface area (Å²) in [4.78, 5) is 2.58. The van der Waals surface area contributed by atoms with Crippen molar-refractivity contribution in [3.8, 4) is 0 Å². The molecule has 0 aliphatic carbocycles. The molecule has 19 heavy (non-hydrogen) atoms. The molecule has 0 amide bonds. The SMILES string of the molecule is COC1CN(c2cccc(Br)c2C(N)=S)CC1OC. The van der Waals surface area contributed by atoms with Crippen molar-refractivity contribution in [2.45, 2.75) is 12.2 Å². The molecule has 1 aliphatic rings. The highest BCUT2D eigenvalue weighted by atomic mass is 79.9. The largest absolute Gasteiger partial charge is 0.389 e. The monoisotopic (exact) mass is 344 g/mol. The molecule has 2 rings (SSSR count). The Morgan fingerprint density at radius 2 is 1.89 bits per heavy atom. The van der Waals surface area contributed by atoms with Crippen molar-refractivity contribution in [2.24, 2.45) is 5.73 Å². The zero-order chi connectivity index (χ0) is 14.0. The van der Waals surface area contributed by atoms with Crippen LogP contribution in [-0.2, 0) is 9.47 Å². The van der Waals surface area contributed by atoms with Crippen molar-refractivity contribution in [1.82, 2.24) is 0 Å². The number of methoxy groups -OCH3 is 2. The van der Waals surface area contributed by atoms with Crippen molar-refractivity contribution in [3.63, 3.8) is 0 Å². The second kappa shape index (κ2) is 6.17. The molecule has 2 unspecified atom stereocenters. The second-order valence-electron chi connectivity index (χ2n) is 4.45. The van der Waals surface area contributed by atoms with E-state index in [1.54, 1.807) is 14.2 Å². The average Bonchev–Trinajstić information content (AvgIpc) is 2.81. The number of anilines is 1. The third-order valence-electron chi connectivity index (χ3n) is 3.40. The Hall–Kier alpha value is -0.690. The van der Waals surface area contributed by atoms with Crippen LogP contribution in [0.25, 0.3) is 0 Å². The van der Waals surface area contributed by atoms with Crippen LogP contribution in [0.2, 0.25) is 0 Å². The highest BCUT2D eigenvalue weighted by Gasteiger charge is 2.34. The molecule has 1 aromatic rings. The van der Waals surface area contributed by atoms with Gasteiger partial charge in [-0.1, -0.05) is 18.3 Å². The summed E-state index contributed by atoms with van der Waals surface area (Å²) < 4.78 is 11.8. The molecule has 0 saturated carbocycles. The Balaban J connectivity index is 2.33. The van der Waals surface area contributed by atoms with Crippen LogP contribution in [-0.4, -0.2) is 44.5 Å². The predicted molar refractivity (Wildman–Crippen MR) is 83.8 cm³/mol. The second-order valence-corrected chi connectivity index (χ2v) is 5.75. The first kappa shape index (κ1) is 14.7. The topological polar surface area (TPSA) is 47.7 Å². The first-order valence-corrected chi connectivity index (χ1v) is 7.17. The van der Waals surface area contributed by atoms with E-state index in [-0.39, 0.29) is 12.2 Å². The van der Waals surface area contributed by atoms with Gasteiger partial charge in [-0.05, 0) is 28.1 Å². The number of ether oxygens (including phenoxy) is 2. The van der Waals surface area contributed by atoms with Crippen LogP contribution in [0.3, 0.4) is 0 Å². The van der Waals surface area contributed by atoms with Gasteiger partial charge < -0.3 is 20.1 Å². The van der Waals surface area contributed by atoms with E-state index in [0.717, 1.165) is 28.8 Å². The quantitative estimate of drug-likeness (QED) is 0.845. The number of benzene rings is 1. The summed E-state index contributed by atoms with van der Waals surface area (Å²) in [5, 5.41) is 0. The lowest BCUT2D eigenvalue weighted by Crippen LogP contribution is -2.27. The fourth-order valence-corrected chi connectivity index (χ4v) is 3.33. The first-order valence-electron chi connectivity index (χ1n) is 5.97. The van der Waals surface area contributed by atoms with Gasteiger partial charge in [0.2, 0.25) is 0 Å². The van der Waals surface area contributed by atoms with Gasteiger partial charge in [0.25, 0.3) is 0 Å². The van der Waals surface area contributed by atoms with Gasteiger partial charge in [-0.15, -0.1) is 0 Å². The maximum absolute atomic E-state index is 5.83. The highest BCUT2D eigenvalue weighted by molar-refractivity contribution is 9.10. The van der Waals surface area contributed by atoms with Crippen LogP contribution in [0.15, 0.2) is 22.7 Å². The molecule has 2 N–H and O–H groups in total. The lowest BCUT2D eigenvalue weighted by molar-refractivity contribution is -0.00461. The van der Waals surface area contributed by atoms with Crippen molar-refractivity contribution < 1.29 is 9.47 Å². The van der Waals surface area contributed by atoms with Crippen molar-refractivity contribution in [2.75, 3.05) is 32.2 Å². The van der Waals surface area contributed by atoms with Gasteiger partial charge in [0.05, 0.1) is 0 Å². The van der Waals surface area contributed by atoms with E-state index in [1.165, 1.54) is 0 Å². The molecule has 1 aromatic carbocycles. The number of rotatable bonds is 4. The van der Waals surface area contributed by atoms with Crippen LogP contribution in [0.4, 0.5) is 5.69 Å². The molecule has 0 bridgehead atoms. The first-order chi connectivity index (χ1) is 9.08. The van der Waals surface area contributed by atoms with E-state index < -0.39 is 0 Å². The van der Waals surface area contributed by atoms with E-state index in [2.05, 4.69) is 20.8 Å². The molecular weight excluding hydrogens is 328 g/mol. The van der Waals surface area contributed by atoms with Gasteiger partial charge in [-0.2, -0.15) is 0 Å². The number of hydrogen-bond acceptors (Lipinski definition) is 4. The number of nitrogens with two attached hydrogens (primary N) is 1. The van der Waals surface area contributed by atoms with Crippen molar-refractivity contribution in [3.05, 3.63) is 28.2 Å². The standard InChI is InChI=1S/C13H17BrN2O2S/c1-17-10-6-16(7-11(10)18-2)9-5-3-4-8(14)12(9)13(15)19/h3-5,10-11H,6-7H2,1-2H3,(H2,15,19). The van der Waals surface area contributed by atoms with Gasteiger partial charge in [0.1, 0.15) is 17.2 Å². The molecule has 104 valence electrons. The Labute approximate surface area is 127 Å². The normalized spacial score (nSPS) is 22.8. The Bertz CT molecular complexity index is 472. The molecule has 1 heterocycles. The van der Waals surface area contributed by atoms with Gasteiger partial charge in [-0.25, -0.2) is 0 Å². The number of hydrogen-bond donors (Lipinski definition) is 1. The summed E-state index contributed by atoms with van der Waals surface area (Å²) in [7, 11) is 3.41. The van der Waals surface area contributed by atoms with E-state index >= 15 is 0 Å². The van der Waals surface area contributed by atoms with Crippen LogP contribution < -0.4 is 10.6 Å². The molecule has 0 spiro atoms. The minimum absolute atomic E-state index is 0.0585. The summed E-state index contributed by atoms with van der Waals surface area (Å²) in [6.07, 6.45) is 0.117. The molecule has 1 saturated heterocycles. The summed E-state index contributed by atoms with van der Waals surface area (Å²) in [6, 6.07) is 5.93. The maximum atomic E-state index is 5.83. The fraction of sp³-hybridized carbons (Fsp3) is 0.462. The zero-order valence-corrected chi connectivity index (χ0v) is 13.3. The Morgan fingerprint density at radius 3 is 2.37 bits per heavy atom. The minimum Gasteiger partial charge on any atom is -0.389 e. The van der Waals surface area contributed by atoms with E-state index in [4.69, 9.17) is 27.4 Å². The average molecular weight is 345 g/mol. The van der Waals surface area contributed by atoms with E-state index in [0.29, 0.717) is 4.99 Å². The molecule has 4 nitrogen and oxygen atoms in total. The maximum Gasteiger partial charge on any atom is 0.107 e. The summed E-state index contributed by atoms with van der Waals surface area (Å²) >= 11 is 8.65. The molecule has 0 radical (unpaired) electrons. The molecule has 2 atom stereocenters. The molecule has 6 heteroatoms. The highest BCUT2D eigenvalue weighted by Crippen LogP contribution is 2.31. The van der Waals surface area contributed by atoms with Gasteiger partial charge in [0.15, 0.2) is 0 Å². The number of thiocarbonyl (C=S) groups is 1.